The van der Waals surface area contributed by atoms with Gasteiger partial charge in [-0.2, -0.15) is 0 Å². The number of hydrogen-bond donors (Lipinski definition) is 2. The van der Waals surface area contributed by atoms with E-state index in [1.54, 1.807) is 0 Å². The molecule has 1 unspecified atom stereocenters. The summed E-state index contributed by atoms with van der Waals surface area (Å²) < 4.78 is 5.54. The Morgan fingerprint density at radius 1 is 0.912 bits per heavy atom. The summed E-state index contributed by atoms with van der Waals surface area (Å²) in [7, 11) is 0. The predicted octanol–water partition coefficient (Wildman–Crippen LogP) is 3.87. The first kappa shape index (κ1) is 22.4. The molecule has 1 heterocycles. The van der Waals surface area contributed by atoms with E-state index in [-0.39, 0.29) is 29.6 Å². The highest BCUT2D eigenvalue weighted by Crippen LogP contribution is 2.51. The predicted molar refractivity (Wildman–Crippen MR) is 126 cm³/mol. The van der Waals surface area contributed by atoms with E-state index in [2.05, 4.69) is 29.6 Å². The molecule has 1 saturated carbocycles. The Labute approximate surface area is 199 Å². The molecule has 0 aromatic heterocycles. The van der Waals surface area contributed by atoms with Gasteiger partial charge in [0.15, 0.2) is 0 Å². The van der Waals surface area contributed by atoms with Gasteiger partial charge < -0.3 is 20.1 Å². The quantitative estimate of drug-likeness (QED) is 0.552. The standard InChI is InChI=1S/C27H30N2O5/c30-24(29-14-21-22(15-29)25(21)26(31)32)12-2-1-7-13-28-27(33)34-16-23-19-10-5-3-8-17(19)18-9-4-6-11-20(18)23/h3-6,8-11,21-23,25H,1-2,7,12-16H2,(H,28,33)(H,31,32)/t21-,22+,25?. The van der Waals surface area contributed by atoms with Crippen molar-refractivity contribution >= 4 is 18.0 Å². The third-order valence-corrected chi connectivity index (χ3v) is 7.51. The van der Waals surface area contributed by atoms with Gasteiger partial charge in [0.1, 0.15) is 6.61 Å². The Hall–Kier alpha value is -3.35. The molecular formula is C27H30N2O5. The van der Waals surface area contributed by atoms with E-state index in [0.29, 0.717) is 32.7 Å². The van der Waals surface area contributed by atoms with Gasteiger partial charge >= 0.3 is 12.1 Å². The van der Waals surface area contributed by atoms with Crippen LogP contribution >= 0.6 is 0 Å². The van der Waals surface area contributed by atoms with Crippen LogP contribution in [0.25, 0.3) is 11.1 Å². The normalized spacial score (nSPS) is 22.0. The lowest BCUT2D eigenvalue weighted by atomic mass is 9.98. The topological polar surface area (TPSA) is 95.9 Å². The van der Waals surface area contributed by atoms with Crippen LogP contribution in [-0.2, 0) is 14.3 Å². The molecule has 1 saturated heterocycles. The number of hydrogen-bond acceptors (Lipinski definition) is 4. The fourth-order valence-electron chi connectivity index (χ4n) is 5.67. The number of rotatable bonds is 9. The number of unbranched alkanes of at least 4 members (excludes halogenated alkanes) is 2. The maximum Gasteiger partial charge on any atom is 0.407 e. The van der Waals surface area contributed by atoms with Crippen LogP contribution in [0.2, 0.25) is 0 Å². The number of likely N-dealkylation sites (tertiary alicyclic amines) is 1. The number of benzene rings is 2. The zero-order valence-electron chi connectivity index (χ0n) is 19.1. The van der Waals surface area contributed by atoms with Gasteiger partial charge in [-0.15, -0.1) is 0 Å². The van der Waals surface area contributed by atoms with Crippen LogP contribution < -0.4 is 5.32 Å². The van der Waals surface area contributed by atoms with E-state index in [9.17, 15) is 14.4 Å². The molecule has 7 heteroatoms. The summed E-state index contributed by atoms with van der Waals surface area (Å²) in [5, 5.41) is 11.9. The van der Waals surface area contributed by atoms with Crippen LogP contribution in [0.3, 0.4) is 0 Å². The number of fused-ring (bicyclic) bond motifs is 4. The molecule has 0 radical (unpaired) electrons. The van der Waals surface area contributed by atoms with Crippen LogP contribution in [0.4, 0.5) is 4.79 Å². The van der Waals surface area contributed by atoms with Crippen molar-refractivity contribution < 1.29 is 24.2 Å². The van der Waals surface area contributed by atoms with Crippen LogP contribution in [-0.4, -0.2) is 54.2 Å². The van der Waals surface area contributed by atoms with Gasteiger partial charge in [0.2, 0.25) is 5.91 Å². The molecule has 2 fully saturated rings. The highest BCUT2D eigenvalue weighted by atomic mass is 16.5. The molecule has 2 amide bonds. The van der Waals surface area contributed by atoms with Crippen molar-refractivity contribution in [3.05, 3.63) is 59.7 Å². The molecule has 2 aliphatic carbocycles. The van der Waals surface area contributed by atoms with Crippen molar-refractivity contribution in [2.24, 2.45) is 17.8 Å². The van der Waals surface area contributed by atoms with E-state index >= 15 is 0 Å². The zero-order chi connectivity index (χ0) is 23.7. The highest BCUT2D eigenvalue weighted by Gasteiger charge is 2.60. The second-order valence-electron chi connectivity index (χ2n) is 9.55. The van der Waals surface area contributed by atoms with E-state index < -0.39 is 12.1 Å². The van der Waals surface area contributed by atoms with E-state index in [0.717, 1.165) is 19.3 Å². The number of carboxylic acids is 1. The SMILES string of the molecule is O=C(NCCCCCC(=O)N1C[C@@H]2C(C(=O)O)[C@@H]2C1)OCC1c2ccccc2-c2ccccc21. The third-order valence-electron chi connectivity index (χ3n) is 7.51. The maximum absolute atomic E-state index is 12.3. The summed E-state index contributed by atoms with van der Waals surface area (Å²) in [6, 6.07) is 16.5. The second-order valence-corrected chi connectivity index (χ2v) is 9.55. The fourth-order valence-corrected chi connectivity index (χ4v) is 5.67. The van der Waals surface area contributed by atoms with Crippen molar-refractivity contribution in [2.75, 3.05) is 26.2 Å². The minimum Gasteiger partial charge on any atom is -0.481 e. The summed E-state index contributed by atoms with van der Waals surface area (Å²) in [5.41, 5.74) is 4.79. The lowest BCUT2D eigenvalue weighted by Crippen LogP contribution is -2.32. The number of alkyl carbamates (subject to hydrolysis) is 1. The Kier molecular flexibility index (Phi) is 6.26. The van der Waals surface area contributed by atoms with Crippen molar-refractivity contribution in [3.63, 3.8) is 0 Å². The first-order valence-corrected chi connectivity index (χ1v) is 12.1. The van der Waals surface area contributed by atoms with Crippen LogP contribution in [0.1, 0.15) is 42.7 Å². The Bertz CT molecular complexity index is 1040. The Morgan fingerprint density at radius 3 is 2.15 bits per heavy atom. The largest absolute Gasteiger partial charge is 0.481 e. The number of piperidine rings is 1. The Balaban J connectivity index is 0.975. The monoisotopic (exact) mass is 462 g/mol. The maximum atomic E-state index is 12.3. The molecule has 3 atom stereocenters. The van der Waals surface area contributed by atoms with Gasteiger partial charge in [-0.05, 0) is 46.9 Å². The van der Waals surface area contributed by atoms with E-state index in [1.807, 2.05) is 29.2 Å². The van der Waals surface area contributed by atoms with Crippen molar-refractivity contribution in [1.29, 1.82) is 0 Å². The molecule has 0 spiro atoms. The van der Waals surface area contributed by atoms with E-state index in [1.165, 1.54) is 22.3 Å². The van der Waals surface area contributed by atoms with Crippen LogP contribution in [0.15, 0.2) is 48.5 Å². The number of aliphatic carboxylic acids is 1. The number of nitrogens with zero attached hydrogens (tertiary/aromatic N) is 1. The summed E-state index contributed by atoms with van der Waals surface area (Å²) in [5.74, 6) is -0.503. The lowest BCUT2D eigenvalue weighted by Gasteiger charge is -2.19. The van der Waals surface area contributed by atoms with E-state index in [4.69, 9.17) is 9.84 Å². The minimum absolute atomic E-state index is 0.0477. The van der Waals surface area contributed by atoms with Gasteiger partial charge in [0.25, 0.3) is 0 Å². The average Bonchev–Trinajstić information content (AvgIpc) is 3.20. The Morgan fingerprint density at radius 2 is 1.53 bits per heavy atom. The van der Waals surface area contributed by atoms with Gasteiger partial charge in [-0.25, -0.2) is 4.79 Å². The second kappa shape index (κ2) is 9.49. The van der Waals surface area contributed by atoms with Gasteiger partial charge in [-0.1, -0.05) is 55.0 Å². The van der Waals surface area contributed by atoms with Crippen molar-refractivity contribution in [3.8, 4) is 11.1 Å². The molecule has 3 aliphatic rings. The zero-order valence-corrected chi connectivity index (χ0v) is 19.1. The number of amides is 2. The molecule has 0 bridgehead atoms. The molecule has 2 aromatic rings. The smallest absolute Gasteiger partial charge is 0.407 e. The van der Waals surface area contributed by atoms with Crippen LogP contribution in [0.5, 0.6) is 0 Å². The molecule has 178 valence electrons. The fraction of sp³-hybridized carbons (Fsp3) is 0.444. The van der Waals surface area contributed by atoms with Gasteiger partial charge in [0.05, 0.1) is 5.92 Å². The first-order valence-electron chi connectivity index (χ1n) is 12.1. The summed E-state index contributed by atoms with van der Waals surface area (Å²) in [4.78, 5) is 37.4. The number of nitrogens with one attached hydrogen (secondary N) is 1. The number of carbonyl (C=O) groups excluding carboxylic acids is 2. The molecule has 2 N–H and O–H groups in total. The molecule has 34 heavy (non-hydrogen) atoms. The molecule has 5 rings (SSSR count). The van der Waals surface area contributed by atoms with Crippen LogP contribution in [0, 0.1) is 17.8 Å². The summed E-state index contributed by atoms with van der Waals surface area (Å²) >= 11 is 0. The number of carbonyl (C=O) groups is 3. The van der Waals surface area contributed by atoms with Crippen molar-refractivity contribution in [1.82, 2.24) is 10.2 Å². The third kappa shape index (κ3) is 4.39. The first-order chi connectivity index (χ1) is 16.5. The van der Waals surface area contributed by atoms with Gasteiger partial charge in [0, 0.05) is 32.0 Å². The molecular weight excluding hydrogens is 432 g/mol. The van der Waals surface area contributed by atoms with Gasteiger partial charge in [-0.3, -0.25) is 9.59 Å². The summed E-state index contributed by atoms with van der Waals surface area (Å²) in [6.07, 6.45) is 2.45. The highest BCUT2D eigenvalue weighted by molar-refractivity contribution is 5.80. The molecule has 1 aliphatic heterocycles. The number of ether oxygens (including phenoxy) is 1. The molecule has 2 aromatic carbocycles. The lowest BCUT2D eigenvalue weighted by molar-refractivity contribution is -0.141. The summed E-state index contributed by atoms with van der Waals surface area (Å²) in [6.45, 7) is 1.99. The minimum atomic E-state index is -0.731. The van der Waals surface area contributed by atoms with Crippen molar-refractivity contribution in [2.45, 2.75) is 31.6 Å². The molecule has 7 nitrogen and oxygen atoms in total. The average molecular weight is 463 g/mol. The number of carboxylic acid groups (broad SMARTS) is 1.